The van der Waals surface area contributed by atoms with Crippen LogP contribution in [0, 0.1) is 0 Å². The molecule has 1 aliphatic rings. The van der Waals surface area contributed by atoms with Crippen LogP contribution in [0.1, 0.15) is 11.6 Å². The maximum absolute atomic E-state index is 11.2. The maximum atomic E-state index is 11.2. The van der Waals surface area contributed by atoms with Crippen LogP contribution >= 0.6 is 0 Å². The quantitative estimate of drug-likeness (QED) is 0.670. The molecule has 14 heavy (non-hydrogen) atoms. The first-order valence-electron chi connectivity index (χ1n) is 4.72. The lowest BCUT2D eigenvalue weighted by Crippen LogP contribution is -2.41. The van der Waals surface area contributed by atoms with Crippen LogP contribution in [0.4, 0.5) is 0 Å². The zero-order valence-electron chi connectivity index (χ0n) is 8.16. The lowest BCUT2D eigenvalue weighted by atomic mass is 10.00. The van der Waals surface area contributed by atoms with Gasteiger partial charge in [0.05, 0.1) is 6.33 Å². The molecule has 5 heteroatoms. The lowest BCUT2D eigenvalue weighted by molar-refractivity contribution is -0.121. The summed E-state index contributed by atoms with van der Waals surface area (Å²) in [5.74, 6) is 0.527. The first kappa shape index (κ1) is 9.21. The predicted molar refractivity (Wildman–Crippen MR) is 51.9 cm³/mol. The van der Waals surface area contributed by atoms with Gasteiger partial charge in [0.25, 0.3) is 0 Å². The number of aromatic nitrogens is 2. The second-order valence-electron chi connectivity index (χ2n) is 3.47. The van der Waals surface area contributed by atoms with Gasteiger partial charge in [0, 0.05) is 37.9 Å². The van der Waals surface area contributed by atoms with Crippen molar-refractivity contribution in [2.75, 3.05) is 20.1 Å². The first-order chi connectivity index (χ1) is 6.81. The van der Waals surface area contributed by atoms with Crippen LogP contribution in [-0.2, 0) is 11.3 Å². The van der Waals surface area contributed by atoms with Gasteiger partial charge in [0.1, 0.15) is 6.54 Å². The summed E-state index contributed by atoms with van der Waals surface area (Å²) in [7, 11) is 1.64. The summed E-state index contributed by atoms with van der Waals surface area (Å²) in [6.07, 6.45) is 3.55. The average Bonchev–Trinajstić information content (AvgIpc) is 2.50. The number of nitrogens with one attached hydrogen (secondary N) is 2. The molecular weight excluding hydrogens is 180 g/mol. The van der Waals surface area contributed by atoms with E-state index in [1.54, 1.807) is 13.4 Å². The van der Waals surface area contributed by atoms with Crippen molar-refractivity contribution in [3.8, 4) is 0 Å². The van der Waals surface area contributed by atoms with Crippen molar-refractivity contribution in [1.29, 1.82) is 0 Å². The number of likely N-dealkylation sites (N-methyl/N-ethyl adjacent to an activating group) is 1. The van der Waals surface area contributed by atoms with Crippen molar-refractivity contribution in [1.82, 2.24) is 20.2 Å². The minimum atomic E-state index is 0.0107. The molecule has 1 aromatic heterocycles. The van der Waals surface area contributed by atoms with Crippen molar-refractivity contribution in [2.24, 2.45) is 0 Å². The summed E-state index contributed by atoms with van der Waals surface area (Å²) in [6, 6.07) is 0. The highest BCUT2D eigenvalue weighted by atomic mass is 16.1. The molecule has 1 saturated heterocycles. The summed E-state index contributed by atoms with van der Waals surface area (Å²) in [5, 5.41) is 5.80. The van der Waals surface area contributed by atoms with E-state index in [0.717, 1.165) is 18.8 Å². The molecule has 1 fully saturated rings. The van der Waals surface area contributed by atoms with Crippen molar-refractivity contribution >= 4 is 5.91 Å². The Hall–Kier alpha value is -1.36. The van der Waals surface area contributed by atoms with Gasteiger partial charge < -0.3 is 15.2 Å². The fourth-order valence-corrected chi connectivity index (χ4v) is 1.53. The van der Waals surface area contributed by atoms with E-state index in [4.69, 9.17) is 0 Å². The SMILES string of the molecule is CNC(=O)Cn1cncc1C1CNC1. The topological polar surface area (TPSA) is 59.0 Å². The summed E-state index contributed by atoms with van der Waals surface area (Å²) >= 11 is 0. The Morgan fingerprint density at radius 2 is 2.57 bits per heavy atom. The third-order valence-corrected chi connectivity index (χ3v) is 2.54. The summed E-state index contributed by atoms with van der Waals surface area (Å²) in [6.45, 7) is 2.33. The predicted octanol–water partition coefficient (Wildman–Crippen LogP) is -0.684. The second-order valence-corrected chi connectivity index (χ2v) is 3.47. The van der Waals surface area contributed by atoms with E-state index in [1.165, 1.54) is 0 Å². The molecule has 0 bridgehead atoms. The Labute approximate surface area is 82.5 Å². The summed E-state index contributed by atoms with van der Waals surface area (Å²) < 4.78 is 1.91. The third kappa shape index (κ3) is 1.63. The molecule has 0 spiro atoms. The fourth-order valence-electron chi connectivity index (χ4n) is 1.53. The van der Waals surface area contributed by atoms with Gasteiger partial charge in [-0.25, -0.2) is 4.98 Å². The zero-order valence-corrected chi connectivity index (χ0v) is 8.16. The van der Waals surface area contributed by atoms with Gasteiger partial charge in [0.2, 0.25) is 5.91 Å². The summed E-state index contributed by atoms with van der Waals surface area (Å²) in [4.78, 5) is 15.3. The molecule has 0 aromatic carbocycles. The molecule has 2 N–H and O–H groups in total. The highest BCUT2D eigenvalue weighted by Crippen LogP contribution is 2.18. The molecule has 1 aromatic rings. The minimum absolute atomic E-state index is 0.0107. The molecule has 0 saturated carbocycles. The Balaban J connectivity index is 2.08. The van der Waals surface area contributed by atoms with Gasteiger partial charge >= 0.3 is 0 Å². The van der Waals surface area contributed by atoms with E-state index < -0.39 is 0 Å². The van der Waals surface area contributed by atoms with Crippen molar-refractivity contribution < 1.29 is 4.79 Å². The van der Waals surface area contributed by atoms with E-state index in [9.17, 15) is 4.79 Å². The number of rotatable bonds is 3. The summed E-state index contributed by atoms with van der Waals surface area (Å²) in [5.41, 5.74) is 1.15. The monoisotopic (exact) mass is 194 g/mol. The van der Waals surface area contributed by atoms with Crippen molar-refractivity contribution in [2.45, 2.75) is 12.5 Å². The number of hydrogen-bond donors (Lipinski definition) is 2. The number of carbonyl (C=O) groups is 1. The highest BCUT2D eigenvalue weighted by Gasteiger charge is 2.22. The molecule has 0 aliphatic carbocycles. The third-order valence-electron chi connectivity index (χ3n) is 2.54. The van der Waals surface area contributed by atoms with Gasteiger partial charge in [-0.15, -0.1) is 0 Å². The Morgan fingerprint density at radius 3 is 3.14 bits per heavy atom. The van der Waals surface area contributed by atoms with Gasteiger partial charge in [-0.05, 0) is 0 Å². The molecule has 2 heterocycles. The van der Waals surface area contributed by atoms with Gasteiger partial charge in [-0.2, -0.15) is 0 Å². The van der Waals surface area contributed by atoms with Gasteiger partial charge in [-0.3, -0.25) is 4.79 Å². The number of amides is 1. The molecule has 76 valence electrons. The molecule has 5 nitrogen and oxygen atoms in total. The normalized spacial score (nSPS) is 16.4. The van der Waals surface area contributed by atoms with Crippen molar-refractivity contribution in [3.63, 3.8) is 0 Å². The molecule has 0 atom stereocenters. The zero-order chi connectivity index (χ0) is 9.97. The van der Waals surface area contributed by atoms with E-state index in [2.05, 4.69) is 15.6 Å². The maximum Gasteiger partial charge on any atom is 0.239 e. The Kier molecular flexibility index (Phi) is 2.49. The number of carbonyl (C=O) groups excluding carboxylic acids is 1. The van der Waals surface area contributed by atoms with Crippen LogP contribution in [0.15, 0.2) is 12.5 Å². The van der Waals surface area contributed by atoms with Crippen LogP contribution in [0.5, 0.6) is 0 Å². The van der Waals surface area contributed by atoms with Crippen molar-refractivity contribution in [3.05, 3.63) is 18.2 Å². The fraction of sp³-hybridized carbons (Fsp3) is 0.556. The van der Waals surface area contributed by atoms with Crippen LogP contribution < -0.4 is 10.6 Å². The van der Waals surface area contributed by atoms with E-state index in [-0.39, 0.29) is 5.91 Å². The first-order valence-corrected chi connectivity index (χ1v) is 4.72. The average molecular weight is 194 g/mol. The number of nitrogens with zero attached hydrogens (tertiary/aromatic N) is 2. The molecule has 2 rings (SSSR count). The second kappa shape index (κ2) is 3.79. The van der Waals surface area contributed by atoms with E-state index in [0.29, 0.717) is 12.5 Å². The van der Waals surface area contributed by atoms with Gasteiger partial charge in [-0.1, -0.05) is 0 Å². The molecule has 0 unspecified atom stereocenters. The number of imidazole rings is 1. The van der Waals surface area contributed by atoms with Crippen LogP contribution in [-0.4, -0.2) is 35.6 Å². The molecule has 1 amide bonds. The highest BCUT2D eigenvalue weighted by molar-refractivity contribution is 5.75. The van der Waals surface area contributed by atoms with Gasteiger partial charge in [0.15, 0.2) is 0 Å². The Bertz CT molecular complexity index is 329. The molecular formula is C9H14N4O. The Morgan fingerprint density at radius 1 is 1.79 bits per heavy atom. The molecule has 1 aliphatic heterocycles. The van der Waals surface area contributed by atoms with E-state index >= 15 is 0 Å². The van der Waals surface area contributed by atoms with Crippen LogP contribution in [0.2, 0.25) is 0 Å². The standard InChI is InChI=1S/C9H14N4O/c1-10-9(14)5-13-6-12-4-8(13)7-2-11-3-7/h4,6-7,11H,2-3,5H2,1H3,(H,10,14). The molecule has 0 radical (unpaired) electrons. The largest absolute Gasteiger partial charge is 0.358 e. The van der Waals surface area contributed by atoms with E-state index in [1.807, 2.05) is 10.8 Å². The van der Waals surface area contributed by atoms with Crippen LogP contribution in [0.3, 0.4) is 0 Å². The smallest absolute Gasteiger partial charge is 0.239 e. The number of hydrogen-bond acceptors (Lipinski definition) is 3. The lowest BCUT2D eigenvalue weighted by Gasteiger charge is -2.27. The minimum Gasteiger partial charge on any atom is -0.358 e. The van der Waals surface area contributed by atoms with Crippen LogP contribution in [0.25, 0.3) is 0 Å².